The third-order valence-corrected chi connectivity index (χ3v) is 4.78. The first-order chi connectivity index (χ1) is 8.99. The maximum absolute atomic E-state index is 12.6. The van der Waals surface area contributed by atoms with Gasteiger partial charge in [0.25, 0.3) is 5.91 Å². The first-order valence-electron chi connectivity index (χ1n) is 6.80. The lowest BCUT2D eigenvalue weighted by Crippen LogP contribution is -2.45. The van der Waals surface area contributed by atoms with E-state index in [9.17, 15) is 4.79 Å². The molecular formula is C15H22ClIN2O. The predicted molar refractivity (Wildman–Crippen MR) is 93.4 cm³/mol. The second kappa shape index (κ2) is 7.61. The largest absolute Gasteiger partial charge is 0.338 e. The van der Waals surface area contributed by atoms with Crippen LogP contribution in [0.1, 0.15) is 35.7 Å². The van der Waals surface area contributed by atoms with Crippen molar-refractivity contribution in [3.05, 3.63) is 32.9 Å². The summed E-state index contributed by atoms with van der Waals surface area (Å²) in [5, 5.41) is 0. The van der Waals surface area contributed by atoms with Crippen LogP contribution in [0.4, 0.5) is 0 Å². The van der Waals surface area contributed by atoms with E-state index in [1.807, 2.05) is 36.9 Å². The lowest BCUT2D eigenvalue weighted by Gasteiger charge is -2.34. The van der Waals surface area contributed by atoms with E-state index in [0.717, 1.165) is 40.6 Å². The van der Waals surface area contributed by atoms with Gasteiger partial charge >= 0.3 is 0 Å². The lowest BCUT2D eigenvalue weighted by molar-refractivity contribution is 0.0660. The minimum Gasteiger partial charge on any atom is -0.338 e. The number of likely N-dealkylation sites (tertiary alicyclic amines) is 1. The summed E-state index contributed by atoms with van der Waals surface area (Å²) >= 11 is 2.23. The first-order valence-corrected chi connectivity index (χ1v) is 7.88. The highest BCUT2D eigenvalue weighted by molar-refractivity contribution is 14.1. The van der Waals surface area contributed by atoms with Crippen LogP contribution in [0.25, 0.3) is 0 Å². The summed E-state index contributed by atoms with van der Waals surface area (Å²) < 4.78 is 1.02. The number of amides is 1. The highest BCUT2D eigenvalue weighted by Gasteiger charge is 2.27. The van der Waals surface area contributed by atoms with Crippen molar-refractivity contribution >= 4 is 40.9 Å². The van der Waals surface area contributed by atoms with Gasteiger partial charge in [0, 0.05) is 22.7 Å². The van der Waals surface area contributed by atoms with Crippen LogP contribution in [0, 0.1) is 16.4 Å². The van der Waals surface area contributed by atoms with Crippen LogP contribution < -0.4 is 5.73 Å². The number of rotatable bonds is 2. The molecule has 2 N–H and O–H groups in total. The molecule has 0 bridgehead atoms. The van der Waals surface area contributed by atoms with Crippen LogP contribution in [-0.4, -0.2) is 29.9 Å². The topological polar surface area (TPSA) is 46.3 Å². The number of aryl methyl sites for hydroxylation is 1. The zero-order valence-electron chi connectivity index (χ0n) is 11.9. The molecule has 2 unspecified atom stereocenters. The fourth-order valence-corrected chi connectivity index (χ4v) is 3.16. The molecule has 1 fully saturated rings. The average molecular weight is 409 g/mol. The van der Waals surface area contributed by atoms with Gasteiger partial charge in [-0.2, -0.15) is 0 Å². The summed E-state index contributed by atoms with van der Waals surface area (Å²) in [6, 6.07) is 6.20. The van der Waals surface area contributed by atoms with Crippen molar-refractivity contribution in [3.63, 3.8) is 0 Å². The molecule has 0 spiro atoms. The van der Waals surface area contributed by atoms with E-state index in [1.54, 1.807) is 0 Å². The maximum atomic E-state index is 12.6. The van der Waals surface area contributed by atoms with Gasteiger partial charge in [0.2, 0.25) is 0 Å². The Labute approximate surface area is 140 Å². The zero-order chi connectivity index (χ0) is 14.0. The molecule has 1 aromatic carbocycles. The Bertz CT molecular complexity index is 479. The van der Waals surface area contributed by atoms with Gasteiger partial charge in [0.1, 0.15) is 0 Å². The van der Waals surface area contributed by atoms with E-state index < -0.39 is 0 Å². The Morgan fingerprint density at radius 3 is 2.85 bits per heavy atom. The minimum atomic E-state index is 0. The Morgan fingerprint density at radius 1 is 1.50 bits per heavy atom. The van der Waals surface area contributed by atoms with E-state index in [2.05, 4.69) is 22.6 Å². The van der Waals surface area contributed by atoms with Gasteiger partial charge in [-0.25, -0.2) is 0 Å². The van der Waals surface area contributed by atoms with Gasteiger partial charge in [-0.05, 0) is 67.3 Å². The molecule has 1 aromatic rings. The zero-order valence-corrected chi connectivity index (χ0v) is 14.9. The molecule has 20 heavy (non-hydrogen) atoms. The number of hydrogen-bond acceptors (Lipinski definition) is 2. The summed E-state index contributed by atoms with van der Waals surface area (Å²) in [6.45, 7) is 5.70. The normalized spacial score (nSPS) is 20.2. The Kier molecular flexibility index (Phi) is 6.75. The van der Waals surface area contributed by atoms with Crippen molar-refractivity contribution in [1.29, 1.82) is 0 Å². The fourth-order valence-electron chi connectivity index (χ4n) is 2.60. The molecule has 0 radical (unpaired) electrons. The number of nitrogens with two attached hydrogens (primary N) is 1. The number of hydrogen-bond donors (Lipinski definition) is 1. The summed E-state index contributed by atoms with van der Waals surface area (Å²) in [4.78, 5) is 14.6. The van der Waals surface area contributed by atoms with E-state index in [-0.39, 0.29) is 24.4 Å². The number of carbonyl (C=O) groups excluding carboxylic acids is 1. The highest BCUT2D eigenvalue weighted by atomic mass is 127. The molecule has 112 valence electrons. The molecule has 1 aliphatic rings. The van der Waals surface area contributed by atoms with Crippen molar-refractivity contribution < 1.29 is 4.79 Å². The van der Waals surface area contributed by atoms with Gasteiger partial charge in [0.15, 0.2) is 0 Å². The molecule has 1 amide bonds. The van der Waals surface area contributed by atoms with Gasteiger partial charge in [-0.15, -0.1) is 12.4 Å². The van der Waals surface area contributed by atoms with Crippen molar-refractivity contribution in [2.24, 2.45) is 11.7 Å². The quantitative estimate of drug-likeness (QED) is 0.764. The van der Waals surface area contributed by atoms with E-state index in [1.165, 1.54) is 0 Å². The number of benzene rings is 1. The van der Waals surface area contributed by atoms with Crippen molar-refractivity contribution in [1.82, 2.24) is 4.90 Å². The van der Waals surface area contributed by atoms with Gasteiger partial charge in [-0.3, -0.25) is 4.79 Å². The second-order valence-corrected chi connectivity index (χ2v) is 6.66. The second-order valence-electron chi connectivity index (χ2n) is 5.50. The SMILES string of the molecule is Cc1ccc(I)c(C(=O)N2CCCC(C(C)N)C2)c1.Cl. The maximum Gasteiger partial charge on any atom is 0.254 e. The van der Waals surface area contributed by atoms with Crippen molar-refractivity contribution in [2.45, 2.75) is 32.7 Å². The van der Waals surface area contributed by atoms with Crippen LogP contribution in [0.2, 0.25) is 0 Å². The van der Waals surface area contributed by atoms with Crippen LogP contribution in [-0.2, 0) is 0 Å². The average Bonchev–Trinajstić information content (AvgIpc) is 2.41. The molecule has 2 atom stereocenters. The summed E-state index contributed by atoms with van der Waals surface area (Å²) in [6.07, 6.45) is 2.19. The first kappa shape index (κ1) is 17.7. The Hall–Kier alpha value is -0.330. The van der Waals surface area contributed by atoms with Crippen molar-refractivity contribution in [2.75, 3.05) is 13.1 Å². The molecule has 1 heterocycles. The Balaban J connectivity index is 0.00000200. The molecule has 0 aromatic heterocycles. The highest BCUT2D eigenvalue weighted by Crippen LogP contribution is 2.22. The third kappa shape index (κ3) is 4.09. The molecule has 3 nitrogen and oxygen atoms in total. The van der Waals surface area contributed by atoms with Crippen LogP contribution in [0.5, 0.6) is 0 Å². The standard InChI is InChI=1S/C15H21IN2O.ClH/c1-10-5-6-14(16)13(8-10)15(19)18-7-3-4-12(9-18)11(2)17;/h5-6,8,11-12H,3-4,7,9,17H2,1-2H3;1H. The molecule has 1 saturated heterocycles. The number of piperidine rings is 1. The number of nitrogens with zero attached hydrogens (tertiary/aromatic N) is 1. The van der Waals surface area contributed by atoms with E-state index in [4.69, 9.17) is 5.73 Å². The summed E-state index contributed by atoms with van der Waals surface area (Å²) in [5.41, 5.74) is 7.94. The summed E-state index contributed by atoms with van der Waals surface area (Å²) in [5.74, 6) is 0.582. The number of carbonyl (C=O) groups is 1. The van der Waals surface area contributed by atoms with E-state index >= 15 is 0 Å². The smallest absolute Gasteiger partial charge is 0.254 e. The molecule has 5 heteroatoms. The fraction of sp³-hybridized carbons (Fsp3) is 0.533. The number of halogens is 2. The monoisotopic (exact) mass is 408 g/mol. The van der Waals surface area contributed by atoms with Gasteiger partial charge in [0.05, 0.1) is 5.56 Å². The minimum absolute atomic E-state index is 0. The molecule has 0 aliphatic carbocycles. The van der Waals surface area contributed by atoms with Crippen LogP contribution in [0.3, 0.4) is 0 Å². The van der Waals surface area contributed by atoms with Crippen molar-refractivity contribution in [3.8, 4) is 0 Å². The molecular weight excluding hydrogens is 387 g/mol. The van der Waals surface area contributed by atoms with Gasteiger partial charge in [-0.1, -0.05) is 11.6 Å². The van der Waals surface area contributed by atoms with E-state index in [0.29, 0.717) is 5.92 Å². The Morgan fingerprint density at radius 2 is 2.20 bits per heavy atom. The van der Waals surface area contributed by atoms with Crippen LogP contribution in [0.15, 0.2) is 18.2 Å². The molecule has 0 saturated carbocycles. The predicted octanol–water partition coefficient (Wildman–Crippen LogP) is 3.22. The van der Waals surface area contributed by atoms with Crippen LogP contribution >= 0.6 is 35.0 Å². The lowest BCUT2D eigenvalue weighted by atomic mass is 9.92. The van der Waals surface area contributed by atoms with Gasteiger partial charge < -0.3 is 10.6 Å². The third-order valence-electron chi connectivity index (χ3n) is 3.84. The molecule has 1 aliphatic heterocycles. The summed E-state index contributed by atoms with van der Waals surface area (Å²) in [7, 11) is 0. The molecule has 2 rings (SSSR count).